The molecule has 1 N–H and O–H groups in total. The summed E-state index contributed by atoms with van der Waals surface area (Å²) in [4.78, 5) is 0. The van der Waals surface area contributed by atoms with Crippen LogP contribution in [0.25, 0.3) is 5.69 Å². The molecule has 1 aromatic heterocycles. The molecule has 0 aliphatic heterocycles. The fourth-order valence-corrected chi connectivity index (χ4v) is 2.28. The second kappa shape index (κ2) is 5.99. The standard InChI is InChI=1S/C13H15Br2N3/c1-9(2)16-6-10-3-4-11(14)5-13(10)18-8-12(15)7-17-18/h3-5,7-9,16H,6H2,1-2H3. The lowest BCUT2D eigenvalue weighted by Crippen LogP contribution is -2.22. The van der Waals surface area contributed by atoms with E-state index >= 15 is 0 Å². The maximum absolute atomic E-state index is 4.34. The van der Waals surface area contributed by atoms with Crippen molar-refractivity contribution in [2.24, 2.45) is 0 Å². The Hall–Kier alpha value is -0.650. The molecule has 2 aromatic rings. The van der Waals surface area contributed by atoms with Crippen LogP contribution in [-0.2, 0) is 6.54 Å². The van der Waals surface area contributed by atoms with E-state index in [-0.39, 0.29) is 0 Å². The highest BCUT2D eigenvalue weighted by Gasteiger charge is 2.07. The van der Waals surface area contributed by atoms with Gasteiger partial charge in [0.2, 0.25) is 0 Å². The Labute approximate surface area is 124 Å². The van der Waals surface area contributed by atoms with E-state index in [1.54, 1.807) is 6.20 Å². The molecule has 0 radical (unpaired) electrons. The van der Waals surface area contributed by atoms with Crippen molar-refractivity contribution in [2.75, 3.05) is 0 Å². The SMILES string of the molecule is CC(C)NCc1ccc(Br)cc1-n1cc(Br)cn1. The van der Waals surface area contributed by atoms with Gasteiger partial charge < -0.3 is 5.32 Å². The van der Waals surface area contributed by atoms with Gasteiger partial charge in [-0.25, -0.2) is 4.68 Å². The van der Waals surface area contributed by atoms with E-state index in [2.05, 4.69) is 74.3 Å². The summed E-state index contributed by atoms with van der Waals surface area (Å²) in [5.41, 5.74) is 2.31. The van der Waals surface area contributed by atoms with Gasteiger partial charge in [0.25, 0.3) is 0 Å². The molecule has 18 heavy (non-hydrogen) atoms. The highest BCUT2D eigenvalue weighted by molar-refractivity contribution is 9.10. The zero-order chi connectivity index (χ0) is 13.1. The fourth-order valence-electron chi connectivity index (χ4n) is 1.65. The number of nitrogens with zero attached hydrogens (tertiary/aromatic N) is 2. The molecular formula is C13H15Br2N3. The normalized spacial score (nSPS) is 11.2. The Balaban J connectivity index is 2.34. The lowest BCUT2D eigenvalue weighted by Gasteiger charge is -2.13. The van der Waals surface area contributed by atoms with Gasteiger partial charge in [-0.05, 0) is 33.6 Å². The Bertz CT molecular complexity index is 535. The van der Waals surface area contributed by atoms with E-state index in [9.17, 15) is 0 Å². The highest BCUT2D eigenvalue weighted by Crippen LogP contribution is 2.21. The minimum absolute atomic E-state index is 0.464. The largest absolute Gasteiger partial charge is 0.310 e. The van der Waals surface area contributed by atoms with Gasteiger partial charge in [0.05, 0.1) is 16.4 Å². The van der Waals surface area contributed by atoms with Crippen molar-refractivity contribution in [1.82, 2.24) is 15.1 Å². The van der Waals surface area contributed by atoms with Gasteiger partial charge in [-0.2, -0.15) is 5.10 Å². The third-order valence-corrected chi connectivity index (χ3v) is 3.45. The quantitative estimate of drug-likeness (QED) is 0.882. The average molecular weight is 373 g/mol. The lowest BCUT2D eigenvalue weighted by molar-refractivity contribution is 0.586. The van der Waals surface area contributed by atoms with Gasteiger partial charge in [0, 0.05) is 23.3 Å². The van der Waals surface area contributed by atoms with Crippen LogP contribution in [-0.4, -0.2) is 15.8 Å². The molecule has 96 valence electrons. The van der Waals surface area contributed by atoms with Crippen molar-refractivity contribution < 1.29 is 0 Å². The molecule has 0 unspecified atom stereocenters. The summed E-state index contributed by atoms with van der Waals surface area (Å²) < 4.78 is 3.91. The van der Waals surface area contributed by atoms with Crippen LogP contribution in [0, 0.1) is 0 Å². The van der Waals surface area contributed by atoms with Crippen molar-refractivity contribution in [3.05, 3.63) is 45.1 Å². The van der Waals surface area contributed by atoms with Gasteiger partial charge >= 0.3 is 0 Å². The van der Waals surface area contributed by atoms with Crippen LogP contribution in [0.4, 0.5) is 0 Å². The number of nitrogens with one attached hydrogen (secondary N) is 1. The van der Waals surface area contributed by atoms with Crippen LogP contribution < -0.4 is 5.32 Å². The molecule has 2 rings (SSSR count). The molecule has 0 aliphatic carbocycles. The molecule has 0 amide bonds. The highest BCUT2D eigenvalue weighted by atomic mass is 79.9. The fraction of sp³-hybridized carbons (Fsp3) is 0.308. The van der Waals surface area contributed by atoms with E-state index in [0.29, 0.717) is 6.04 Å². The first-order valence-corrected chi connectivity index (χ1v) is 7.37. The molecule has 0 saturated heterocycles. The summed E-state index contributed by atoms with van der Waals surface area (Å²) in [6.45, 7) is 5.11. The third-order valence-electron chi connectivity index (χ3n) is 2.55. The maximum Gasteiger partial charge on any atom is 0.0702 e. The van der Waals surface area contributed by atoms with Crippen LogP contribution in [0.15, 0.2) is 39.5 Å². The van der Waals surface area contributed by atoms with E-state index in [1.807, 2.05) is 10.9 Å². The number of aromatic nitrogens is 2. The number of hydrogen-bond donors (Lipinski definition) is 1. The summed E-state index contributed by atoms with van der Waals surface area (Å²) in [6, 6.07) is 6.71. The Morgan fingerprint density at radius 1 is 1.28 bits per heavy atom. The third kappa shape index (κ3) is 3.43. The summed E-state index contributed by atoms with van der Waals surface area (Å²) in [7, 11) is 0. The van der Waals surface area contributed by atoms with Gasteiger partial charge in [-0.1, -0.05) is 35.8 Å². The summed E-state index contributed by atoms with van der Waals surface area (Å²) in [5.74, 6) is 0. The molecule has 0 spiro atoms. The van der Waals surface area contributed by atoms with Gasteiger partial charge in [-0.15, -0.1) is 0 Å². The topological polar surface area (TPSA) is 29.9 Å². The van der Waals surface area contributed by atoms with E-state index in [4.69, 9.17) is 0 Å². The second-order valence-electron chi connectivity index (χ2n) is 4.41. The molecule has 1 heterocycles. The Morgan fingerprint density at radius 3 is 2.67 bits per heavy atom. The van der Waals surface area contributed by atoms with Crippen molar-refractivity contribution in [3.8, 4) is 5.69 Å². The first-order valence-electron chi connectivity index (χ1n) is 5.78. The smallest absolute Gasteiger partial charge is 0.0702 e. The van der Waals surface area contributed by atoms with Gasteiger partial charge in [0.15, 0.2) is 0 Å². The second-order valence-corrected chi connectivity index (χ2v) is 6.24. The Morgan fingerprint density at radius 2 is 2.06 bits per heavy atom. The predicted molar refractivity (Wildman–Crippen MR) is 80.9 cm³/mol. The molecule has 0 saturated carbocycles. The maximum atomic E-state index is 4.34. The zero-order valence-corrected chi connectivity index (χ0v) is 13.5. The molecule has 5 heteroatoms. The molecule has 1 aromatic carbocycles. The number of halogens is 2. The van der Waals surface area contributed by atoms with E-state index < -0.39 is 0 Å². The number of hydrogen-bond acceptors (Lipinski definition) is 2. The Kier molecular flexibility index (Phi) is 4.59. The minimum atomic E-state index is 0.464. The van der Waals surface area contributed by atoms with Crippen LogP contribution >= 0.6 is 31.9 Å². The van der Waals surface area contributed by atoms with Crippen molar-refractivity contribution >= 4 is 31.9 Å². The summed E-state index contributed by atoms with van der Waals surface area (Å²) >= 11 is 6.93. The van der Waals surface area contributed by atoms with E-state index in [0.717, 1.165) is 21.2 Å². The van der Waals surface area contributed by atoms with Crippen LogP contribution in [0.5, 0.6) is 0 Å². The average Bonchev–Trinajstić information content (AvgIpc) is 2.74. The van der Waals surface area contributed by atoms with Crippen LogP contribution in [0.3, 0.4) is 0 Å². The molecular weight excluding hydrogens is 358 g/mol. The molecule has 3 nitrogen and oxygen atoms in total. The minimum Gasteiger partial charge on any atom is -0.310 e. The molecule has 0 aliphatic rings. The molecule has 0 bridgehead atoms. The van der Waals surface area contributed by atoms with Crippen LogP contribution in [0.2, 0.25) is 0 Å². The van der Waals surface area contributed by atoms with Gasteiger partial charge in [0.1, 0.15) is 0 Å². The first kappa shape index (κ1) is 13.8. The van der Waals surface area contributed by atoms with E-state index in [1.165, 1.54) is 5.56 Å². The van der Waals surface area contributed by atoms with Crippen molar-refractivity contribution in [2.45, 2.75) is 26.4 Å². The number of rotatable bonds is 4. The van der Waals surface area contributed by atoms with Crippen molar-refractivity contribution in [3.63, 3.8) is 0 Å². The zero-order valence-electron chi connectivity index (χ0n) is 10.3. The molecule has 0 atom stereocenters. The molecule has 0 fully saturated rings. The summed E-state index contributed by atoms with van der Waals surface area (Å²) in [5, 5.41) is 7.77. The van der Waals surface area contributed by atoms with Crippen LogP contribution in [0.1, 0.15) is 19.4 Å². The monoisotopic (exact) mass is 371 g/mol. The van der Waals surface area contributed by atoms with Crippen molar-refractivity contribution in [1.29, 1.82) is 0 Å². The predicted octanol–water partition coefficient (Wildman–Crippen LogP) is 3.90. The summed E-state index contributed by atoms with van der Waals surface area (Å²) in [6.07, 6.45) is 3.75. The first-order chi connectivity index (χ1) is 8.56. The lowest BCUT2D eigenvalue weighted by atomic mass is 10.1. The van der Waals surface area contributed by atoms with Gasteiger partial charge in [-0.3, -0.25) is 0 Å². The number of benzene rings is 1.